The van der Waals surface area contributed by atoms with Crippen LogP contribution in [0, 0.1) is 5.41 Å². The van der Waals surface area contributed by atoms with E-state index in [1.807, 2.05) is 0 Å². The molecule has 24 heavy (non-hydrogen) atoms. The minimum Gasteiger partial charge on any atom is -0.383 e. The zero-order valence-corrected chi connectivity index (χ0v) is 16.7. The summed E-state index contributed by atoms with van der Waals surface area (Å²) < 4.78 is 4.90. The molecule has 138 valence electrons. The molecule has 2 heterocycles. The molecular formula is C15H28IN5O3. The number of nitrogens with one attached hydrogen (secondary N) is 3. The largest absolute Gasteiger partial charge is 0.383 e. The van der Waals surface area contributed by atoms with Crippen molar-refractivity contribution in [3.63, 3.8) is 0 Å². The van der Waals surface area contributed by atoms with Gasteiger partial charge in [0, 0.05) is 52.2 Å². The first-order valence-electron chi connectivity index (χ1n) is 8.06. The molecule has 0 bridgehead atoms. The summed E-state index contributed by atoms with van der Waals surface area (Å²) in [4.78, 5) is 29.7. The van der Waals surface area contributed by atoms with Crippen molar-refractivity contribution >= 4 is 41.8 Å². The fraction of sp³-hybridized carbons (Fsp3) is 0.800. The van der Waals surface area contributed by atoms with E-state index in [9.17, 15) is 9.59 Å². The Kier molecular flexibility index (Phi) is 8.74. The summed E-state index contributed by atoms with van der Waals surface area (Å²) in [6.45, 7) is 3.58. The lowest BCUT2D eigenvalue weighted by Crippen LogP contribution is -2.52. The molecule has 1 unspecified atom stereocenters. The molecule has 2 amide bonds. The number of aliphatic imine (C=N–C) groups is 1. The zero-order valence-electron chi connectivity index (χ0n) is 14.4. The molecular weight excluding hydrogens is 425 g/mol. The van der Waals surface area contributed by atoms with Crippen LogP contribution in [0.5, 0.6) is 0 Å². The van der Waals surface area contributed by atoms with Gasteiger partial charge in [0.05, 0.1) is 13.2 Å². The quantitative estimate of drug-likeness (QED) is 0.227. The van der Waals surface area contributed by atoms with Gasteiger partial charge >= 0.3 is 0 Å². The molecule has 1 spiro atoms. The lowest BCUT2D eigenvalue weighted by atomic mass is 9.79. The number of ether oxygens (including phenoxy) is 1. The van der Waals surface area contributed by atoms with E-state index in [-0.39, 0.29) is 47.8 Å². The van der Waals surface area contributed by atoms with Crippen molar-refractivity contribution in [3.8, 4) is 0 Å². The third kappa shape index (κ3) is 5.76. The predicted octanol–water partition coefficient (Wildman–Crippen LogP) is -0.455. The normalized spacial score (nSPS) is 23.7. The Labute approximate surface area is 160 Å². The molecule has 0 saturated carbocycles. The molecule has 0 aromatic carbocycles. The van der Waals surface area contributed by atoms with E-state index in [0.717, 1.165) is 32.5 Å². The summed E-state index contributed by atoms with van der Waals surface area (Å²) in [5.74, 6) is 0.755. The van der Waals surface area contributed by atoms with Gasteiger partial charge in [-0.2, -0.15) is 0 Å². The molecule has 0 aliphatic carbocycles. The van der Waals surface area contributed by atoms with Crippen molar-refractivity contribution in [2.45, 2.75) is 19.3 Å². The third-order valence-corrected chi connectivity index (χ3v) is 4.40. The Balaban J connectivity index is 0.00000288. The maximum Gasteiger partial charge on any atom is 0.239 e. The van der Waals surface area contributed by atoms with E-state index >= 15 is 0 Å². The van der Waals surface area contributed by atoms with Crippen LogP contribution in [-0.4, -0.2) is 76.2 Å². The standard InChI is InChI=1S/C15H27N5O3.HI/c1-16-14(18-9-13(22)17-5-7-23-2)20-6-3-4-15(11-20)8-12(21)19-10-15;/h3-11H2,1-2H3,(H,16,18)(H,17,22)(H,19,21);1H. The lowest BCUT2D eigenvalue weighted by molar-refractivity contribution is -0.120. The molecule has 2 fully saturated rings. The Hall–Kier alpha value is -1.10. The molecule has 2 aliphatic rings. The van der Waals surface area contributed by atoms with E-state index in [2.05, 4.69) is 25.8 Å². The van der Waals surface area contributed by atoms with Crippen LogP contribution >= 0.6 is 24.0 Å². The van der Waals surface area contributed by atoms with Crippen LogP contribution in [0.25, 0.3) is 0 Å². The van der Waals surface area contributed by atoms with Crippen molar-refractivity contribution in [2.75, 3.05) is 53.5 Å². The number of amides is 2. The number of hydrogen-bond acceptors (Lipinski definition) is 4. The molecule has 8 nitrogen and oxygen atoms in total. The van der Waals surface area contributed by atoms with Gasteiger partial charge in [0.1, 0.15) is 0 Å². The second kappa shape index (κ2) is 10.0. The van der Waals surface area contributed by atoms with Crippen molar-refractivity contribution < 1.29 is 14.3 Å². The Morgan fingerprint density at radius 2 is 2.25 bits per heavy atom. The summed E-state index contributed by atoms with van der Waals surface area (Å²) in [7, 11) is 3.31. The fourth-order valence-electron chi connectivity index (χ4n) is 3.28. The van der Waals surface area contributed by atoms with Crippen LogP contribution in [0.15, 0.2) is 4.99 Å². The zero-order chi connectivity index (χ0) is 16.7. The summed E-state index contributed by atoms with van der Waals surface area (Å²) in [5, 5.41) is 8.80. The molecule has 2 rings (SSSR count). The number of piperidine rings is 1. The topological polar surface area (TPSA) is 95.1 Å². The van der Waals surface area contributed by atoms with Crippen molar-refractivity contribution in [2.24, 2.45) is 10.4 Å². The maximum atomic E-state index is 11.8. The van der Waals surface area contributed by atoms with Crippen LogP contribution in [0.1, 0.15) is 19.3 Å². The van der Waals surface area contributed by atoms with Crippen LogP contribution in [0.2, 0.25) is 0 Å². The average molecular weight is 453 g/mol. The highest BCUT2D eigenvalue weighted by Gasteiger charge is 2.42. The van der Waals surface area contributed by atoms with E-state index in [1.54, 1.807) is 14.2 Å². The smallest absolute Gasteiger partial charge is 0.239 e. The predicted molar refractivity (Wildman–Crippen MR) is 103 cm³/mol. The number of nitrogens with zero attached hydrogens (tertiary/aromatic N) is 2. The van der Waals surface area contributed by atoms with Gasteiger partial charge in [0.2, 0.25) is 11.8 Å². The molecule has 1 atom stereocenters. The van der Waals surface area contributed by atoms with E-state index in [4.69, 9.17) is 4.74 Å². The summed E-state index contributed by atoms with van der Waals surface area (Å²) in [6, 6.07) is 0. The van der Waals surface area contributed by atoms with Gasteiger partial charge in [-0.15, -0.1) is 24.0 Å². The van der Waals surface area contributed by atoms with Crippen molar-refractivity contribution in [1.82, 2.24) is 20.9 Å². The monoisotopic (exact) mass is 453 g/mol. The van der Waals surface area contributed by atoms with Crippen LogP contribution in [0.4, 0.5) is 0 Å². The fourth-order valence-corrected chi connectivity index (χ4v) is 3.28. The molecule has 0 aromatic rings. The number of rotatable bonds is 5. The first kappa shape index (κ1) is 20.9. The van der Waals surface area contributed by atoms with Gasteiger partial charge in [-0.1, -0.05) is 0 Å². The van der Waals surface area contributed by atoms with Crippen LogP contribution in [-0.2, 0) is 14.3 Å². The molecule has 0 aromatic heterocycles. The first-order chi connectivity index (χ1) is 11.1. The maximum absolute atomic E-state index is 11.8. The highest BCUT2D eigenvalue weighted by atomic mass is 127. The number of likely N-dealkylation sites (tertiary alicyclic amines) is 1. The number of guanidine groups is 1. The average Bonchev–Trinajstić information content (AvgIpc) is 2.88. The summed E-state index contributed by atoms with van der Waals surface area (Å²) in [5.41, 5.74) is 0.00762. The molecule has 2 aliphatic heterocycles. The lowest BCUT2D eigenvalue weighted by Gasteiger charge is -2.40. The van der Waals surface area contributed by atoms with E-state index < -0.39 is 0 Å². The minimum absolute atomic E-state index is 0. The summed E-state index contributed by atoms with van der Waals surface area (Å²) in [6.07, 6.45) is 2.66. The SMILES string of the molecule is CN=C(NCC(=O)NCCOC)N1CCCC2(CNC(=O)C2)C1.I. The van der Waals surface area contributed by atoms with E-state index in [1.165, 1.54) is 0 Å². The Morgan fingerprint density at radius 3 is 2.88 bits per heavy atom. The molecule has 2 saturated heterocycles. The number of halogens is 1. The third-order valence-electron chi connectivity index (χ3n) is 4.40. The van der Waals surface area contributed by atoms with Gasteiger partial charge in [0.25, 0.3) is 0 Å². The second-order valence-corrected chi connectivity index (χ2v) is 6.22. The first-order valence-corrected chi connectivity index (χ1v) is 8.06. The molecule has 3 N–H and O–H groups in total. The van der Waals surface area contributed by atoms with Gasteiger partial charge in [-0.3, -0.25) is 14.6 Å². The van der Waals surface area contributed by atoms with Gasteiger partial charge in [-0.05, 0) is 12.8 Å². The Bertz CT molecular complexity index is 474. The van der Waals surface area contributed by atoms with E-state index in [0.29, 0.717) is 25.5 Å². The van der Waals surface area contributed by atoms with Gasteiger partial charge in [0.15, 0.2) is 5.96 Å². The molecule has 9 heteroatoms. The number of hydrogen-bond donors (Lipinski definition) is 3. The molecule has 0 radical (unpaired) electrons. The Morgan fingerprint density at radius 1 is 1.46 bits per heavy atom. The highest BCUT2D eigenvalue weighted by Crippen LogP contribution is 2.35. The number of carbonyl (C=O) groups excluding carboxylic acids is 2. The van der Waals surface area contributed by atoms with Crippen molar-refractivity contribution in [1.29, 1.82) is 0 Å². The van der Waals surface area contributed by atoms with Crippen molar-refractivity contribution in [3.05, 3.63) is 0 Å². The number of carbonyl (C=O) groups is 2. The second-order valence-electron chi connectivity index (χ2n) is 6.22. The highest BCUT2D eigenvalue weighted by molar-refractivity contribution is 14.0. The van der Waals surface area contributed by atoms with Gasteiger partial charge < -0.3 is 25.6 Å². The van der Waals surface area contributed by atoms with Crippen LogP contribution < -0.4 is 16.0 Å². The number of methoxy groups -OCH3 is 1. The van der Waals surface area contributed by atoms with Gasteiger partial charge in [-0.25, -0.2) is 0 Å². The summed E-state index contributed by atoms with van der Waals surface area (Å²) >= 11 is 0. The minimum atomic E-state index is -0.0902. The van der Waals surface area contributed by atoms with Crippen LogP contribution in [0.3, 0.4) is 0 Å².